The van der Waals surface area contributed by atoms with Crippen LogP contribution in [0.3, 0.4) is 0 Å². The molecule has 1 fully saturated rings. The molecule has 0 aliphatic carbocycles. The molecule has 20 heavy (non-hydrogen) atoms. The second-order valence-electron chi connectivity index (χ2n) is 5.83. The van der Waals surface area contributed by atoms with E-state index >= 15 is 0 Å². The van der Waals surface area contributed by atoms with E-state index in [0.717, 1.165) is 25.8 Å². The SMILES string of the molecule is CCCCCCCCCCNC(=O)C1CCC(CN)O1. The van der Waals surface area contributed by atoms with Gasteiger partial charge in [0, 0.05) is 13.1 Å². The van der Waals surface area contributed by atoms with Crippen molar-refractivity contribution in [3.05, 3.63) is 0 Å². The van der Waals surface area contributed by atoms with E-state index in [1.165, 1.54) is 44.9 Å². The third kappa shape index (κ3) is 7.25. The predicted molar refractivity (Wildman–Crippen MR) is 82.6 cm³/mol. The van der Waals surface area contributed by atoms with E-state index in [9.17, 15) is 4.79 Å². The van der Waals surface area contributed by atoms with Gasteiger partial charge in [0.2, 0.25) is 5.91 Å². The van der Waals surface area contributed by atoms with Crippen molar-refractivity contribution in [1.82, 2.24) is 5.32 Å². The molecule has 0 spiro atoms. The molecule has 1 aliphatic rings. The number of nitrogens with one attached hydrogen (secondary N) is 1. The largest absolute Gasteiger partial charge is 0.364 e. The van der Waals surface area contributed by atoms with E-state index in [4.69, 9.17) is 10.5 Å². The second kappa shape index (κ2) is 11.1. The Balaban J connectivity index is 1.90. The van der Waals surface area contributed by atoms with Crippen molar-refractivity contribution in [3.8, 4) is 0 Å². The Labute approximate surface area is 123 Å². The third-order valence-electron chi connectivity index (χ3n) is 3.99. The van der Waals surface area contributed by atoms with Crippen molar-refractivity contribution in [2.75, 3.05) is 13.1 Å². The van der Waals surface area contributed by atoms with Crippen LogP contribution in [0.4, 0.5) is 0 Å². The lowest BCUT2D eigenvalue weighted by Crippen LogP contribution is -2.36. The zero-order valence-corrected chi connectivity index (χ0v) is 13.0. The van der Waals surface area contributed by atoms with Crippen LogP contribution in [0, 0.1) is 0 Å². The summed E-state index contributed by atoms with van der Waals surface area (Å²) in [5, 5.41) is 2.98. The van der Waals surface area contributed by atoms with Gasteiger partial charge in [-0.25, -0.2) is 0 Å². The van der Waals surface area contributed by atoms with Gasteiger partial charge in [0.05, 0.1) is 6.10 Å². The van der Waals surface area contributed by atoms with Gasteiger partial charge in [0.15, 0.2) is 0 Å². The van der Waals surface area contributed by atoms with E-state index in [0.29, 0.717) is 6.54 Å². The van der Waals surface area contributed by atoms with Crippen LogP contribution in [0.25, 0.3) is 0 Å². The maximum atomic E-state index is 11.8. The first kappa shape index (κ1) is 17.4. The lowest BCUT2D eigenvalue weighted by molar-refractivity contribution is -0.131. The molecule has 4 nitrogen and oxygen atoms in total. The van der Waals surface area contributed by atoms with Crippen LogP contribution in [0.2, 0.25) is 0 Å². The summed E-state index contributed by atoms with van der Waals surface area (Å²) in [6, 6.07) is 0. The number of nitrogens with two attached hydrogens (primary N) is 1. The molecule has 0 radical (unpaired) electrons. The summed E-state index contributed by atoms with van der Waals surface area (Å²) in [4.78, 5) is 11.8. The van der Waals surface area contributed by atoms with Crippen LogP contribution in [-0.4, -0.2) is 31.2 Å². The summed E-state index contributed by atoms with van der Waals surface area (Å²) in [6.45, 7) is 3.54. The molecule has 118 valence electrons. The summed E-state index contributed by atoms with van der Waals surface area (Å²) < 4.78 is 5.57. The maximum Gasteiger partial charge on any atom is 0.249 e. The van der Waals surface area contributed by atoms with Crippen LogP contribution in [0.15, 0.2) is 0 Å². The fraction of sp³-hybridized carbons (Fsp3) is 0.938. The van der Waals surface area contributed by atoms with Crippen LogP contribution in [0.5, 0.6) is 0 Å². The molecule has 0 aromatic carbocycles. The fourth-order valence-corrected chi connectivity index (χ4v) is 2.66. The Morgan fingerprint density at radius 2 is 1.75 bits per heavy atom. The van der Waals surface area contributed by atoms with Gasteiger partial charge in [-0.2, -0.15) is 0 Å². The molecular weight excluding hydrogens is 252 g/mol. The molecule has 0 aromatic rings. The van der Waals surface area contributed by atoms with Crippen molar-refractivity contribution in [2.24, 2.45) is 5.73 Å². The standard InChI is InChI=1S/C16H32N2O2/c1-2-3-4-5-6-7-8-9-12-18-16(19)15-11-10-14(13-17)20-15/h14-15H,2-13,17H2,1H3,(H,18,19). The van der Waals surface area contributed by atoms with Crippen LogP contribution in [-0.2, 0) is 9.53 Å². The highest BCUT2D eigenvalue weighted by Crippen LogP contribution is 2.18. The molecule has 1 rings (SSSR count). The normalized spacial score (nSPS) is 22.1. The van der Waals surface area contributed by atoms with Crippen molar-refractivity contribution < 1.29 is 9.53 Å². The van der Waals surface area contributed by atoms with Gasteiger partial charge < -0.3 is 15.8 Å². The number of hydrogen-bond donors (Lipinski definition) is 2. The molecule has 2 atom stereocenters. The number of unbranched alkanes of at least 4 members (excludes halogenated alkanes) is 7. The van der Waals surface area contributed by atoms with E-state index in [1.807, 2.05) is 0 Å². The van der Waals surface area contributed by atoms with Gasteiger partial charge in [-0.1, -0.05) is 51.9 Å². The van der Waals surface area contributed by atoms with E-state index < -0.39 is 0 Å². The van der Waals surface area contributed by atoms with Crippen molar-refractivity contribution in [1.29, 1.82) is 0 Å². The Hall–Kier alpha value is -0.610. The monoisotopic (exact) mass is 284 g/mol. The summed E-state index contributed by atoms with van der Waals surface area (Å²) in [7, 11) is 0. The van der Waals surface area contributed by atoms with Crippen molar-refractivity contribution >= 4 is 5.91 Å². The van der Waals surface area contributed by atoms with Crippen LogP contribution in [0.1, 0.15) is 71.1 Å². The lowest BCUT2D eigenvalue weighted by Gasteiger charge is -2.12. The average molecular weight is 284 g/mol. The Morgan fingerprint density at radius 1 is 1.10 bits per heavy atom. The van der Waals surface area contributed by atoms with E-state index in [2.05, 4.69) is 12.2 Å². The number of carbonyl (C=O) groups excluding carboxylic acids is 1. The zero-order chi connectivity index (χ0) is 14.6. The van der Waals surface area contributed by atoms with Gasteiger partial charge >= 0.3 is 0 Å². The number of carbonyl (C=O) groups is 1. The van der Waals surface area contributed by atoms with E-state index in [-0.39, 0.29) is 18.1 Å². The summed E-state index contributed by atoms with van der Waals surface area (Å²) in [6.07, 6.45) is 11.8. The Morgan fingerprint density at radius 3 is 2.35 bits per heavy atom. The molecule has 0 saturated carbocycles. The minimum atomic E-state index is -0.266. The van der Waals surface area contributed by atoms with E-state index in [1.54, 1.807) is 0 Å². The zero-order valence-electron chi connectivity index (χ0n) is 13.0. The van der Waals surface area contributed by atoms with Crippen LogP contribution < -0.4 is 11.1 Å². The molecule has 1 amide bonds. The molecule has 1 heterocycles. The molecule has 4 heteroatoms. The number of amides is 1. The molecular formula is C16H32N2O2. The smallest absolute Gasteiger partial charge is 0.249 e. The number of ether oxygens (including phenoxy) is 1. The van der Waals surface area contributed by atoms with Gasteiger partial charge in [0.25, 0.3) is 0 Å². The lowest BCUT2D eigenvalue weighted by atomic mass is 10.1. The molecule has 0 aromatic heterocycles. The topological polar surface area (TPSA) is 64.4 Å². The molecule has 1 saturated heterocycles. The molecule has 3 N–H and O–H groups in total. The predicted octanol–water partition coefficient (Wildman–Crippen LogP) is 2.75. The minimum absolute atomic E-state index is 0.0453. The highest BCUT2D eigenvalue weighted by molar-refractivity contribution is 5.80. The molecule has 2 unspecified atom stereocenters. The third-order valence-corrected chi connectivity index (χ3v) is 3.99. The van der Waals surface area contributed by atoms with Crippen molar-refractivity contribution in [2.45, 2.75) is 83.3 Å². The molecule has 0 bridgehead atoms. The fourth-order valence-electron chi connectivity index (χ4n) is 2.66. The first-order chi connectivity index (χ1) is 9.77. The van der Waals surface area contributed by atoms with Gasteiger partial charge in [0.1, 0.15) is 6.10 Å². The quantitative estimate of drug-likeness (QED) is 0.573. The highest BCUT2D eigenvalue weighted by atomic mass is 16.5. The second-order valence-corrected chi connectivity index (χ2v) is 5.83. The maximum absolute atomic E-state index is 11.8. The van der Waals surface area contributed by atoms with Crippen LogP contribution >= 0.6 is 0 Å². The van der Waals surface area contributed by atoms with Gasteiger partial charge in [-0.05, 0) is 19.3 Å². The van der Waals surface area contributed by atoms with Crippen molar-refractivity contribution in [3.63, 3.8) is 0 Å². The highest BCUT2D eigenvalue weighted by Gasteiger charge is 2.29. The number of hydrogen-bond acceptors (Lipinski definition) is 3. The summed E-state index contributed by atoms with van der Waals surface area (Å²) in [5.41, 5.74) is 5.54. The summed E-state index contributed by atoms with van der Waals surface area (Å²) in [5.74, 6) is 0.0453. The first-order valence-electron chi connectivity index (χ1n) is 8.41. The van der Waals surface area contributed by atoms with Gasteiger partial charge in [-0.15, -0.1) is 0 Å². The first-order valence-corrected chi connectivity index (χ1v) is 8.41. The average Bonchev–Trinajstić information content (AvgIpc) is 2.94. The molecule has 1 aliphatic heterocycles. The van der Waals surface area contributed by atoms with Gasteiger partial charge in [-0.3, -0.25) is 4.79 Å². The summed E-state index contributed by atoms with van der Waals surface area (Å²) >= 11 is 0. The minimum Gasteiger partial charge on any atom is -0.364 e. The Kier molecular flexibility index (Phi) is 9.67. The number of rotatable bonds is 11. The Bertz CT molecular complexity index is 259.